The van der Waals surface area contributed by atoms with Gasteiger partial charge in [0, 0.05) is 29.0 Å². The molecule has 0 unspecified atom stereocenters. The molecule has 0 aliphatic heterocycles. The van der Waals surface area contributed by atoms with Crippen LogP contribution in [-0.2, 0) is 7.05 Å². The number of pyridine rings is 2. The molecule has 2 heterocycles. The van der Waals surface area contributed by atoms with Crippen LogP contribution in [0.4, 0.5) is 0 Å². The Hall–Kier alpha value is -1.87. The Balaban J connectivity index is 2.70. The Morgan fingerprint density at radius 3 is 2.82 bits per heavy atom. The van der Waals surface area contributed by atoms with Gasteiger partial charge in [0.05, 0.1) is 11.7 Å². The van der Waals surface area contributed by atoms with Gasteiger partial charge >= 0.3 is 0 Å². The van der Waals surface area contributed by atoms with Crippen LogP contribution in [0.25, 0.3) is 21.7 Å². The summed E-state index contributed by atoms with van der Waals surface area (Å²) in [5.74, 6) is 0. The molecule has 3 rings (SSSR count). The lowest BCUT2D eigenvalue weighted by molar-refractivity contribution is 0.914. The first-order chi connectivity index (χ1) is 8.18. The van der Waals surface area contributed by atoms with Gasteiger partial charge in [0.15, 0.2) is 0 Å². The zero-order valence-corrected chi connectivity index (χ0v) is 9.90. The van der Waals surface area contributed by atoms with Crippen LogP contribution in [0, 0.1) is 0 Å². The smallest absolute Gasteiger partial charge is 0.258 e. The summed E-state index contributed by atoms with van der Waals surface area (Å²) in [7, 11) is 1.74. The lowest BCUT2D eigenvalue weighted by atomic mass is 10.1. The fourth-order valence-electron chi connectivity index (χ4n) is 2.10. The highest BCUT2D eigenvalue weighted by molar-refractivity contribution is 6.31. The van der Waals surface area contributed by atoms with Gasteiger partial charge in [0.1, 0.15) is 0 Å². The molecule has 0 aliphatic carbocycles. The molecule has 4 heteroatoms. The fourth-order valence-corrected chi connectivity index (χ4v) is 2.27. The number of aromatic nitrogens is 2. The number of aryl methyl sites for hydroxylation is 1. The van der Waals surface area contributed by atoms with E-state index in [1.165, 1.54) is 0 Å². The lowest BCUT2D eigenvalue weighted by Gasteiger charge is -2.08. The van der Waals surface area contributed by atoms with Crippen molar-refractivity contribution in [2.75, 3.05) is 0 Å². The van der Waals surface area contributed by atoms with Gasteiger partial charge in [-0.2, -0.15) is 0 Å². The van der Waals surface area contributed by atoms with Crippen LogP contribution in [0.1, 0.15) is 0 Å². The van der Waals surface area contributed by atoms with E-state index in [0.717, 1.165) is 16.3 Å². The average molecular weight is 245 g/mol. The van der Waals surface area contributed by atoms with Gasteiger partial charge in [-0.15, -0.1) is 0 Å². The molecule has 0 atom stereocenters. The Morgan fingerprint density at radius 2 is 2.00 bits per heavy atom. The number of halogens is 1. The number of fused-ring (bicyclic) bond motifs is 3. The highest BCUT2D eigenvalue weighted by atomic mass is 35.5. The van der Waals surface area contributed by atoms with Gasteiger partial charge in [0.2, 0.25) is 0 Å². The van der Waals surface area contributed by atoms with Crippen LogP contribution >= 0.6 is 11.6 Å². The number of rotatable bonds is 0. The highest BCUT2D eigenvalue weighted by Crippen LogP contribution is 2.23. The van der Waals surface area contributed by atoms with Crippen molar-refractivity contribution in [3.05, 3.63) is 52.0 Å². The van der Waals surface area contributed by atoms with Gasteiger partial charge in [0.25, 0.3) is 5.56 Å². The van der Waals surface area contributed by atoms with Crippen LogP contribution in [0.2, 0.25) is 5.02 Å². The third kappa shape index (κ3) is 1.43. The minimum Gasteiger partial charge on any atom is -0.309 e. The van der Waals surface area contributed by atoms with E-state index >= 15 is 0 Å². The summed E-state index contributed by atoms with van der Waals surface area (Å²) in [5.41, 5.74) is 0.773. The third-order valence-electron chi connectivity index (χ3n) is 2.97. The number of benzene rings is 1. The summed E-state index contributed by atoms with van der Waals surface area (Å²) in [5, 5.41) is 3.13. The molecule has 0 spiro atoms. The average Bonchev–Trinajstić information content (AvgIpc) is 2.36. The minimum atomic E-state index is -0.0528. The van der Waals surface area contributed by atoms with E-state index in [2.05, 4.69) is 4.98 Å². The molecular weight excluding hydrogens is 236 g/mol. The molecule has 0 bridgehead atoms. The minimum absolute atomic E-state index is 0.0528. The van der Waals surface area contributed by atoms with Crippen LogP contribution in [0.3, 0.4) is 0 Å². The van der Waals surface area contributed by atoms with Gasteiger partial charge in [-0.25, -0.2) is 0 Å². The summed E-state index contributed by atoms with van der Waals surface area (Å²) in [6, 6.07) is 7.29. The topological polar surface area (TPSA) is 34.9 Å². The molecule has 0 radical (unpaired) electrons. The number of nitrogens with zero attached hydrogens (tertiary/aromatic N) is 2. The molecule has 0 saturated carbocycles. The van der Waals surface area contributed by atoms with Gasteiger partial charge in [-0.1, -0.05) is 17.7 Å². The molecule has 17 heavy (non-hydrogen) atoms. The molecular formula is C13H9ClN2O. The van der Waals surface area contributed by atoms with Crippen LogP contribution < -0.4 is 5.56 Å². The maximum Gasteiger partial charge on any atom is 0.258 e. The molecule has 0 amide bonds. The molecule has 3 nitrogen and oxygen atoms in total. The molecule has 3 aromatic rings. The van der Waals surface area contributed by atoms with Crippen LogP contribution in [-0.4, -0.2) is 9.55 Å². The standard InChI is InChI=1S/C13H9ClN2O/c1-16-12-7-15-5-4-10(12)9-3-2-8(14)6-11(9)13(16)17/h2-7H,1H3. The number of hydrogen-bond donors (Lipinski definition) is 0. The maximum absolute atomic E-state index is 12.2. The van der Waals surface area contributed by atoms with E-state index in [1.54, 1.807) is 36.1 Å². The van der Waals surface area contributed by atoms with E-state index in [0.29, 0.717) is 10.4 Å². The summed E-state index contributed by atoms with van der Waals surface area (Å²) in [6.45, 7) is 0. The van der Waals surface area contributed by atoms with Gasteiger partial charge in [-0.05, 0) is 23.6 Å². The van der Waals surface area contributed by atoms with Crippen molar-refractivity contribution in [2.45, 2.75) is 0 Å². The van der Waals surface area contributed by atoms with Crippen molar-refractivity contribution in [3.63, 3.8) is 0 Å². The second-order valence-corrected chi connectivity index (χ2v) is 4.38. The van der Waals surface area contributed by atoms with Crippen molar-refractivity contribution >= 4 is 33.3 Å². The first-order valence-electron chi connectivity index (χ1n) is 5.20. The van der Waals surface area contributed by atoms with E-state index < -0.39 is 0 Å². The molecule has 0 aliphatic rings. The largest absolute Gasteiger partial charge is 0.309 e. The summed E-state index contributed by atoms with van der Waals surface area (Å²) in [4.78, 5) is 16.2. The van der Waals surface area contributed by atoms with Crippen LogP contribution in [0.15, 0.2) is 41.5 Å². The summed E-state index contributed by atoms with van der Waals surface area (Å²) in [6.07, 6.45) is 3.42. The first-order valence-corrected chi connectivity index (χ1v) is 5.58. The number of hydrogen-bond acceptors (Lipinski definition) is 2. The monoisotopic (exact) mass is 244 g/mol. The van der Waals surface area contributed by atoms with Crippen molar-refractivity contribution < 1.29 is 0 Å². The summed E-state index contributed by atoms with van der Waals surface area (Å²) >= 11 is 5.93. The molecule has 1 aromatic carbocycles. The van der Waals surface area contributed by atoms with Crippen molar-refractivity contribution in [1.82, 2.24) is 9.55 Å². The van der Waals surface area contributed by atoms with Crippen molar-refractivity contribution in [1.29, 1.82) is 0 Å². The zero-order valence-electron chi connectivity index (χ0n) is 9.14. The molecule has 0 saturated heterocycles. The zero-order chi connectivity index (χ0) is 12.0. The lowest BCUT2D eigenvalue weighted by Crippen LogP contribution is -2.17. The molecule has 0 N–H and O–H groups in total. The van der Waals surface area contributed by atoms with Crippen molar-refractivity contribution in [3.8, 4) is 0 Å². The van der Waals surface area contributed by atoms with E-state index in [9.17, 15) is 4.79 Å². The fraction of sp³-hybridized carbons (Fsp3) is 0.0769. The van der Waals surface area contributed by atoms with E-state index in [4.69, 9.17) is 11.6 Å². The van der Waals surface area contributed by atoms with Gasteiger partial charge in [-0.3, -0.25) is 9.78 Å². The van der Waals surface area contributed by atoms with Crippen LogP contribution in [0.5, 0.6) is 0 Å². The first kappa shape index (κ1) is 10.3. The Kier molecular flexibility index (Phi) is 2.16. The maximum atomic E-state index is 12.2. The molecule has 84 valence electrons. The second-order valence-electron chi connectivity index (χ2n) is 3.95. The van der Waals surface area contributed by atoms with E-state index in [1.807, 2.05) is 12.1 Å². The van der Waals surface area contributed by atoms with Crippen molar-refractivity contribution in [2.24, 2.45) is 7.05 Å². The SMILES string of the molecule is Cn1c(=O)c2cc(Cl)ccc2c2ccncc21. The second kappa shape index (κ2) is 3.57. The highest BCUT2D eigenvalue weighted by Gasteiger charge is 2.08. The normalized spacial score (nSPS) is 11.2. The van der Waals surface area contributed by atoms with Gasteiger partial charge < -0.3 is 4.57 Å². The Morgan fingerprint density at radius 1 is 1.18 bits per heavy atom. The predicted octanol–water partition coefficient (Wildman–Crippen LogP) is 2.74. The molecule has 2 aromatic heterocycles. The van der Waals surface area contributed by atoms with E-state index in [-0.39, 0.29) is 5.56 Å². The Labute approximate surface area is 102 Å². The Bertz CT molecular complexity index is 792. The molecule has 0 fully saturated rings. The summed E-state index contributed by atoms with van der Waals surface area (Å²) < 4.78 is 1.60. The quantitative estimate of drug-likeness (QED) is 0.570. The predicted molar refractivity (Wildman–Crippen MR) is 69.5 cm³/mol. The third-order valence-corrected chi connectivity index (χ3v) is 3.20.